The van der Waals surface area contributed by atoms with Gasteiger partial charge in [-0.3, -0.25) is 9.59 Å². The molecule has 1 saturated carbocycles. The smallest absolute Gasteiger partial charge is 0.237 e. The molecule has 0 spiro atoms. The lowest BCUT2D eigenvalue weighted by molar-refractivity contribution is -0.146. The maximum atomic E-state index is 14.2. The minimum atomic E-state index is -1.16. The Morgan fingerprint density at radius 3 is 2.41 bits per heavy atom. The highest BCUT2D eigenvalue weighted by molar-refractivity contribution is 6.30. The molecule has 1 fully saturated rings. The Kier molecular flexibility index (Phi) is 11.1. The molecular formula is C34H37ClFN3O5. The topological polar surface area (TPSA) is 82.9 Å². The fourth-order valence-corrected chi connectivity index (χ4v) is 5.07. The van der Waals surface area contributed by atoms with Gasteiger partial charge in [-0.1, -0.05) is 55.8 Å². The average Bonchev–Trinajstić information content (AvgIpc) is 3.75. The first kappa shape index (κ1) is 32.7. The van der Waals surface area contributed by atoms with Crippen molar-refractivity contribution in [2.24, 2.45) is 5.41 Å². The number of ether oxygens (including phenoxy) is 3. The zero-order valence-corrected chi connectivity index (χ0v) is 26.1. The van der Waals surface area contributed by atoms with Crippen molar-refractivity contribution in [1.82, 2.24) is 14.5 Å². The number of nitrogens with zero attached hydrogens (tertiary/aromatic N) is 3. The SMILES string of the molecule is CC.COc1ccc(CN(Cc2nccn2-c2ccc(F)c(Cl)c2)C(=O)C2(C(=O)COCc3ccccc3)CC2)c(OC)c1. The van der Waals surface area contributed by atoms with Crippen LogP contribution in [0, 0.1) is 11.2 Å². The van der Waals surface area contributed by atoms with E-state index in [1.807, 2.05) is 50.2 Å². The number of Topliss-reactive ketones (excluding diaryl/α,β-unsaturated/α-hetero) is 1. The summed E-state index contributed by atoms with van der Waals surface area (Å²) in [6.07, 6.45) is 4.19. The number of carbonyl (C=O) groups excluding carboxylic acids is 2. The Balaban J connectivity index is 0.00000216. The van der Waals surface area contributed by atoms with Crippen molar-refractivity contribution in [3.05, 3.63) is 107 Å². The van der Waals surface area contributed by atoms with Gasteiger partial charge in [0.1, 0.15) is 35.2 Å². The number of amides is 1. The van der Waals surface area contributed by atoms with Crippen LogP contribution in [0.3, 0.4) is 0 Å². The van der Waals surface area contributed by atoms with E-state index in [-0.39, 0.29) is 43.0 Å². The minimum absolute atomic E-state index is 0.0268. The Morgan fingerprint density at radius 1 is 1.00 bits per heavy atom. The Morgan fingerprint density at radius 2 is 1.75 bits per heavy atom. The number of ketones is 1. The van der Waals surface area contributed by atoms with Crippen molar-refractivity contribution < 1.29 is 28.2 Å². The van der Waals surface area contributed by atoms with Crippen LogP contribution in [0.4, 0.5) is 4.39 Å². The summed E-state index contributed by atoms with van der Waals surface area (Å²) in [7, 11) is 3.11. The molecule has 44 heavy (non-hydrogen) atoms. The second kappa shape index (κ2) is 15.0. The molecule has 0 unspecified atom stereocenters. The third-order valence-electron chi connectivity index (χ3n) is 7.41. The maximum Gasteiger partial charge on any atom is 0.237 e. The molecule has 1 aliphatic rings. The molecule has 4 aromatic rings. The number of carbonyl (C=O) groups is 2. The molecule has 0 radical (unpaired) electrons. The highest BCUT2D eigenvalue weighted by atomic mass is 35.5. The average molecular weight is 622 g/mol. The molecule has 0 atom stereocenters. The summed E-state index contributed by atoms with van der Waals surface area (Å²) in [5, 5.41) is -0.0268. The van der Waals surface area contributed by atoms with Crippen molar-refractivity contribution in [3.63, 3.8) is 0 Å². The molecule has 0 aliphatic heterocycles. The number of benzene rings is 3. The summed E-state index contributed by atoms with van der Waals surface area (Å²) in [6.45, 7) is 4.35. The molecular weight excluding hydrogens is 585 g/mol. The predicted molar refractivity (Wildman–Crippen MR) is 166 cm³/mol. The largest absolute Gasteiger partial charge is 0.497 e. The number of hydrogen-bond donors (Lipinski definition) is 0. The molecule has 3 aromatic carbocycles. The number of rotatable bonds is 13. The molecule has 1 heterocycles. The van der Waals surface area contributed by atoms with Crippen LogP contribution in [0.5, 0.6) is 11.5 Å². The molecule has 1 aromatic heterocycles. The van der Waals surface area contributed by atoms with Gasteiger partial charge >= 0.3 is 0 Å². The van der Waals surface area contributed by atoms with Crippen LogP contribution in [0.2, 0.25) is 5.02 Å². The molecule has 0 saturated heterocycles. The van der Waals surface area contributed by atoms with Gasteiger partial charge in [-0.2, -0.15) is 0 Å². The van der Waals surface area contributed by atoms with Gasteiger partial charge in [-0.15, -0.1) is 0 Å². The van der Waals surface area contributed by atoms with E-state index < -0.39 is 11.2 Å². The van der Waals surface area contributed by atoms with Crippen LogP contribution >= 0.6 is 11.6 Å². The minimum Gasteiger partial charge on any atom is -0.497 e. The summed E-state index contributed by atoms with van der Waals surface area (Å²) in [4.78, 5) is 33.7. The molecule has 232 valence electrons. The fourth-order valence-electron chi connectivity index (χ4n) is 4.89. The van der Waals surface area contributed by atoms with Gasteiger partial charge in [0.25, 0.3) is 0 Å². The quantitative estimate of drug-likeness (QED) is 0.153. The second-order valence-corrected chi connectivity index (χ2v) is 10.5. The zero-order valence-electron chi connectivity index (χ0n) is 25.4. The predicted octanol–water partition coefficient (Wildman–Crippen LogP) is 6.80. The van der Waals surface area contributed by atoms with Crippen LogP contribution in [0.25, 0.3) is 5.69 Å². The summed E-state index contributed by atoms with van der Waals surface area (Å²) < 4.78 is 32.2. The van der Waals surface area contributed by atoms with Gasteiger partial charge in [-0.25, -0.2) is 9.37 Å². The van der Waals surface area contributed by atoms with Crippen molar-refractivity contribution in [1.29, 1.82) is 0 Å². The lowest BCUT2D eigenvalue weighted by atomic mass is 9.98. The Hall–Kier alpha value is -4.21. The van der Waals surface area contributed by atoms with E-state index in [1.165, 1.54) is 12.1 Å². The van der Waals surface area contributed by atoms with Crippen LogP contribution < -0.4 is 9.47 Å². The van der Waals surface area contributed by atoms with E-state index >= 15 is 0 Å². The van der Waals surface area contributed by atoms with E-state index in [4.69, 9.17) is 25.8 Å². The van der Waals surface area contributed by atoms with E-state index in [1.54, 1.807) is 54.3 Å². The number of aromatic nitrogens is 2. The molecule has 0 N–H and O–H groups in total. The molecule has 8 nitrogen and oxygen atoms in total. The van der Waals surface area contributed by atoms with Gasteiger partial charge in [0.15, 0.2) is 5.78 Å². The van der Waals surface area contributed by atoms with E-state index in [2.05, 4.69) is 4.98 Å². The highest BCUT2D eigenvalue weighted by Crippen LogP contribution is 2.49. The first-order chi connectivity index (χ1) is 21.3. The lowest BCUT2D eigenvalue weighted by Gasteiger charge is -2.28. The zero-order chi connectivity index (χ0) is 31.7. The Bertz CT molecular complexity index is 1570. The molecule has 0 bridgehead atoms. The van der Waals surface area contributed by atoms with Gasteiger partial charge < -0.3 is 23.7 Å². The van der Waals surface area contributed by atoms with E-state index in [0.717, 1.165) is 11.1 Å². The van der Waals surface area contributed by atoms with Crippen LogP contribution in [0.1, 0.15) is 43.6 Å². The van der Waals surface area contributed by atoms with Gasteiger partial charge in [-0.05, 0) is 48.7 Å². The summed E-state index contributed by atoms with van der Waals surface area (Å²) in [5.41, 5.74) is 1.11. The van der Waals surface area contributed by atoms with Crippen LogP contribution in [0.15, 0.2) is 79.1 Å². The Labute approximate surface area is 262 Å². The van der Waals surface area contributed by atoms with Crippen molar-refractivity contribution in [3.8, 4) is 17.2 Å². The van der Waals surface area contributed by atoms with Crippen LogP contribution in [-0.2, 0) is 34.0 Å². The van der Waals surface area contributed by atoms with Crippen molar-refractivity contribution >= 4 is 23.3 Å². The lowest BCUT2D eigenvalue weighted by Crippen LogP contribution is -2.42. The molecule has 5 rings (SSSR count). The fraction of sp³-hybridized carbons (Fsp3) is 0.324. The summed E-state index contributed by atoms with van der Waals surface area (Å²) >= 11 is 6.04. The highest BCUT2D eigenvalue weighted by Gasteiger charge is 2.57. The summed E-state index contributed by atoms with van der Waals surface area (Å²) in [5.74, 6) is 0.588. The number of hydrogen-bond acceptors (Lipinski definition) is 6. The third-order valence-corrected chi connectivity index (χ3v) is 7.70. The second-order valence-electron chi connectivity index (χ2n) is 10.1. The number of methoxy groups -OCH3 is 2. The molecule has 1 amide bonds. The summed E-state index contributed by atoms with van der Waals surface area (Å²) in [6, 6.07) is 19.3. The maximum absolute atomic E-state index is 14.2. The first-order valence-corrected chi connectivity index (χ1v) is 14.9. The van der Waals surface area contributed by atoms with Gasteiger partial charge in [0, 0.05) is 36.3 Å². The third kappa shape index (κ3) is 7.46. The standard InChI is InChI=1S/C32H31ClFN3O5.C2H6/c1-40-25-10-8-23(28(17-25)41-2)18-36(19-30-35-14-15-37(30)24-9-11-27(34)26(33)16-24)31(39)32(12-13-32)29(38)21-42-20-22-6-4-3-5-7-22;1-2/h3-11,14-17H,12-13,18-21H2,1-2H3;1-2H3. The monoisotopic (exact) mass is 621 g/mol. The van der Waals surface area contributed by atoms with Crippen LogP contribution in [-0.4, -0.2) is 47.0 Å². The van der Waals surface area contributed by atoms with Gasteiger partial charge in [0.05, 0.1) is 32.4 Å². The van der Waals surface area contributed by atoms with Crippen molar-refractivity contribution in [2.75, 3.05) is 20.8 Å². The molecule has 1 aliphatic carbocycles. The normalized spacial score (nSPS) is 13.0. The molecule has 10 heteroatoms. The van der Waals surface area contributed by atoms with E-state index in [0.29, 0.717) is 35.9 Å². The first-order valence-electron chi connectivity index (χ1n) is 14.5. The number of halogens is 2. The van der Waals surface area contributed by atoms with Crippen molar-refractivity contribution in [2.45, 2.75) is 46.4 Å². The van der Waals surface area contributed by atoms with E-state index in [9.17, 15) is 14.0 Å². The number of imidazole rings is 1. The van der Waals surface area contributed by atoms with Gasteiger partial charge in [0.2, 0.25) is 5.91 Å².